The lowest BCUT2D eigenvalue weighted by Gasteiger charge is -2.07. The molecule has 0 fully saturated rings. The van der Waals surface area contributed by atoms with E-state index >= 15 is 0 Å². The molecule has 0 radical (unpaired) electrons. The molecule has 0 saturated heterocycles. The second-order valence-corrected chi connectivity index (χ2v) is 7.55. The van der Waals surface area contributed by atoms with Gasteiger partial charge in [-0.05, 0) is 42.0 Å². The number of nitrogens with zero attached hydrogens (tertiary/aromatic N) is 3. The molecule has 0 unspecified atom stereocenters. The zero-order chi connectivity index (χ0) is 22.2. The monoisotopic (exact) mass is 443 g/mol. The molecule has 10 heteroatoms. The number of amides is 2. The van der Waals surface area contributed by atoms with Gasteiger partial charge in [0, 0.05) is 12.7 Å². The van der Waals surface area contributed by atoms with Gasteiger partial charge in [-0.1, -0.05) is 23.9 Å². The van der Waals surface area contributed by atoms with Gasteiger partial charge in [-0.3, -0.25) is 9.59 Å². The predicted octanol–water partition coefficient (Wildman–Crippen LogP) is 2.55. The maximum absolute atomic E-state index is 12.9. The minimum atomic E-state index is -0.366. The second kappa shape index (κ2) is 10.6. The van der Waals surface area contributed by atoms with Crippen molar-refractivity contribution in [2.45, 2.75) is 18.1 Å². The van der Waals surface area contributed by atoms with E-state index in [0.29, 0.717) is 16.7 Å². The average Bonchev–Trinajstić information content (AvgIpc) is 3.12. The van der Waals surface area contributed by atoms with Crippen molar-refractivity contribution in [3.05, 3.63) is 65.7 Å². The Balaban J connectivity index is 1.46. The van der Waals surface area contributed by atoms with E-state index in [1.165, 1.54) is 36.0 Å². The van der Waals surface area contributed by atoms with Gasteiger partial charge in [0.25, 0.3) is 0 Å². The summed E-state index contributed by atoms with van der Waals surface area (Å²) in [6, 6.07) is 12.8. The molecular weight excluding hydrogens is 421 g/mol. The first-order valence-electron chi connectivity index (χ1n) is 9.40. The SMILES string of the molecule is COc1ccc(CC(=O)NCc2nnc(SCC(=O)Nc3ccc(F)cc3)n2C)cc1. The summed E-state index contributed by atoms with van der Waals surface area (Å²) in [4.78, 5) is 24.3. The number of nitrogens with one attached hydrogen (secondary N) is 2. The molecule has 2 aromatic carbocycles. The molecule has 3 rings (SSSR count). The van der Waals surface area contributed by atoms with Crippen LogP contribution in [-0.2, 0) is 29.6 Å². The average molecular weight is 444 g/mol. The molecule has 1 heterocycles. The van der Waals surface area contributed by atoms with Crippen molar-refractivity contribution in [3.63, 3.8) is 0 Å². The lowest BCUT2D eigenvalue weighted by Crippen LogP contribution is -2.26. The third-order valence-corrected chi connectivity index (χ3v) is 5.37. The first-order chi connectivity index (χ1) is 14.9. The van der Waals surface area contributed by atoms with Crippen LogP contribution in [0, 0.1) is 5.82 Å². The van der Waals surface area contributed by atoms with Crippen molar-refractivity contribution >= 4 is 29.3 Å². The summed E-state index contributed by atoms with van der Waals surface area (Å²) in [7, 11) is 3.36. The van der Waals surface area contributed by atoms with Crippen molar-refractivity contribution in [1.82, 2.24) is 20.1 Å². The topological polar surface area (TPSA) is 98.1 Å². The van der Waals surface area contributed by atoms with E-state index < -0.39 is 0 Å². The molecule has 0 aliphatic rings. The standard InChI is InChI=1S/C21H22FN5O3S/c1-27-18(12-23-19(28)11-14-3-9-17(30-2)10-4-14)25-26-21(27)31-13-20(29)24-16-7-5-15(22)6-8-16/h3-10H,11-13H2,1-2H3,(H,23,28)(H,24,29). The van der Waals surface area contributed by atoms with Gasteiger partial charge in [-0.15, -0.1) is 10.2 Å². The molecule has 2 N–H and O–H groups in total. The summed E-state index contributed by atoms with van der Waals surface area (Å²) in [6.07, 6.45) is 0.243. The Morgan fingerprint density at radius 1 is 1.06 bits per heavy atom. The number of hydrogen-bond acceptors (Lipinski definition) is 6. The Bertz CT molecular complexity index is 1040. The van der Waals surface area contributed by atoms with Gasteiger partial charge in [-0.2, -0.15) is 0 Å². The number of carbonyl (C=O) groups excluding carboxylic acids is 2. The maximum Gasteiger partial charge on any atom is 0.234 e. The van der Waals surface area contributed by atoms with E-state index in [9.17, 15) is 14.0 Å². The van der Waals surface area contributed by atoms with Crippen molar-refractivity contribution in [1.29, 1.82) is 0 Å². The smallest absolute Gasteiger partial charge is 0.234 e. The molecule has 0 aliphatic carbocycles. The molecular formula is C21H22FN5O3S. The Morgan fingerprint density at radius 2 is 1.77 bits per heavy atom. The number of aromatic nitrogens is 3. The molecule has 31 heavy (non-hydrogen) atoms. The molecule has 1 aromatic heterocycles. The minimum absolute atomic E-state index is 0.118. The van der Waals surface area contributed by atoms with Gasteiger partial charge in [0.1, 0.15) is 11.6 Å². The molecule has 0 spiro atoms. The van der Waals surface area contributed by atoms with E-state index in [1.807, 2.05) is 12.1 Å². The fraction of sp³-hybridized carbons (Fsp3) is 0.238. The zero-order valence-electron chi connectivity index (χ0n) is 17.1. The highest BCUT2D eigenvalue weighted by molar-refractivity contribution is 7.99. The Labute approximate surface area is 183 Å². The van der Waals surface area contributed by atoms with E-state index in [4.69, 9.17) is 4.74 Å². The van der Waals surface area contributed by atoms with Crippen LogP contribution >= 0.6 is 11.8 Å². The number of anilines is 1. The largest absolute Gasteiger partial charge is 0.497 e. The van der Waals surface area contributed by atoms with E-state index in [2.05, 4.69) is 20.8 Å². The molecule has 0 saturated carbocycles. The summed E-state index contributed by atoms with van der Waals surface area (Å²) < 4.78 is 19.8. The number of carbonyl (C=O) groups is 2. The summed E-state index contributed by atoms with van der Waals surface area (Å²) in [5, 5.41) is 14.2. The lowest BCUT2D eigenvalue weighted by molar-refractivity contribution is -0.120. The maximum atomic E-state index is 12.9. The molecule has 8 nitrogen and oxygen atoms in total. The molecule has 0 atom stereocenters. The van der Waals surface area contributed by atoms with E-state index in [1.54, 1.807) is 30.9 Å². The zero-order valence-corrected chi connectivity index (χ0v) is 17.9. The van der Waals surface area contributed by atoms with E-state index in [0.717, 1.165) is 11.3 Å². The number of halogens is 1. The predicted molar refractivity (Wildman–Crippen MR) is 115 cm³/mol. The highest BCUT2D eigenvalue weighted by Gasteiger charge is 2.13. The van der Waals surface area contributed by atoms with Crippen molar-refractivity contribution in [2.24, 2.45) is 7.05 Å². The van der Waals surface area contributed by atoms with Crippen LogP contribution in [0.15, 0.2) is 53.7 Å². The second-order valence-electron chi connectivity index (χ2n) is 6.60. The summed E-state index contributed by atoms with van der Waals surface area (Å²) >= 11 is 1.22. The number of rotatable bonds is 9. The number of hydrogen-bond donors (Lipinski definition) is 2. The normalized spacial score (nSPS) is 10.5. The third-order valence-electron chi connectivity index (χ3n) is 4.35. The number of thioether (sulfide) groups is 1. The molecule has 2 amide bonds. The van der Waals surface area contributed by atoms with Crippen molar-refractivity contribution in [2.75, 3.05) is 18.2 Å². The molecule has 162 valence electrons. The summed E-state index contributed by atoms with van der Waals surface area (Å²) in [6.45, 7) is 0.223. The van der Waals surface area contributed by atoms with Crippen LogP contribution in [0.4, 0.5) is 10.1 Å². The fourth-order valence-corrected chi connectivity index (χ4v) is 3.38. The molecule has 0 bridgehead atoms. The van der Waals surface area contributed by atoms with Gasteiger partial charge in [0.2, 0.25) is 11.8 Å². The number of benzene rings is 2. The number of ether oxygens (including phenoxy) is 1. The van der Waals surface area contributed by atoms with Gasteiger partial charge >= 0.3 is 0 Å². The van der Waals surface area contributed by atoms with E-state index in [-0.39, 0.29) is 36.4 Å². The van der Waals surface area contributed by atoms with Crippen LogP contribution < -0.4 is 15.4 Å². The third kappa shape index (κ3) is 6.54. The van der Waals surface area contributed by atoms with Gasteiger partial charge in [0.15, 0.2) is 11.0 Å². The Hall–Kier alpha value is -3.40. The summed E-state index contributed by atoms with van der Waals surface area (Å²) in [5.41, 5.74) is 1.39. The van der Waals surface area contributed by atoms with Gasteiger partial charge in [-0.25, -0.2) is 4.39 Å². The van der Waals surface area contributed by atoms with Crippen LogP contribution in [0.5, 0.6) is 5.75 Å². The van der Waals surface area contributed by atoms with Crippen molar-refractivity contribution < 1.29 is 18.7 Å². The van der Waals surface area contributed by atoms with Gasteiger partial charge in [0.05, 0.1) is 25.8 Å². The van der Waals surface area contributed by atoms with Crippen LogP contribution in [0.2, 0.25) is 0 Å². The Kier molecular flexibility index (Phi) is 7.60. The van der Waals surface area contributed by atoms with Crippen LogP contribution in [-0.4, -0.2) is 39.4 Å². The fourth-order valence-electron chi connectivity index (χ4n) is 2.65. The number of methoxy groups -OCH3 is 1. The first kappa shape index (κ1) is 22.3. The highest BCUT2D eigenvalue weighted by Crippen LogP contribution is 2.17. The van der Waals surface area contributed by atoms with Crippen LogP contribution in [0.3, 0.4) is 0 Å². The van der Waals surface area contributed by atoms with Crippen molar-refractivity contribution in [3.8, 4) is 5.75 Å². The minimum Gasteiger partial charge on any atom is -0.497 e. The highest BCUT2D eigenvalue weighted by atomic mass is 32.2. The lowest BCUT2D eigenvalue weighted by atomic mass is 10.1. The summed E-state index contributed by atoms with van der Waals surface area (Å²) in [5.74, 6) is 0.682. The molecule has 0 aliphatic heterocycles. The first-order valence-corrected chi connectivity index (χ1v) is 10.4. The quantitative estimate of drug-likeness (QED) is 0.493. The Morgan fingerprint density at radius 3 is 2.45 bits per heavy atom. The van der Waals surface area contributed by atoms with Crippen LogP contribution in [0.1, 0.15) is 11.4 Å². The van der Waals surface area contributed by atoms with Crippen LogP contribution in [0.25, 0.3) is 0 Å². The molecule has 3 aromatic rings. The van der Waals surface area contributed by atoms with Gasteiger partial charge < -0.3 is 19.9 Å².